The van der Waals surface area contributed by atoms with Crippen LogP contribution < -0.4 is 4.72 Å². The van der Waals surface area contributed by atoms with Crippen LogP contribution in [0.25, 0.3) is 0 Å². The van der Waals surface area contributed by atoms with E-state index in [0.29, 0.717) is 18.1 Å². The molecule has 0 bridgehead atoms. The van der Waals surface area contributed by atoms with Gasteiger partial charge in [-0.15, -0.1) is 0 Å². The van der Waals surface area contributed by atoms with Crippen LogP contribution >= 0.6 is 0 Å². The largest absolute Gasteiger partial charge is 0.372 e. The van der Waals surface area contributed by atoms with Gasteiger partial charge in [-0.2, -0.15) is 0 Å². The summed E-state index contributed by atoms with van der Waals surface area (Å²) < 4.78 is 34.0. The summed E-state index contributed by atoms with van der Waals surface area (Å²) in [6, 6.07) is 23.1. The molecule has 0 unspecified atom stereocenters. The number of benzene rings is 3. The van der Waals surface area contributed by atoms with Gasteiger partial charge < -0.3 is 4.74 Å². The van der Waals surface area contributed by atoms with E-state index in [1.807, 2.05) is 73.7 Å². The fourth-order valence-electron chi connectivity index (χ4n) is 2.97. The molecule has 1 N–H and O–H groups in total. The maximum absolute atomic E-state index is 12.7. The molecule has 0 heterocycles. The lowest BCUT2D eigenvalue weighted by Crippen LogP contribution is -2.24. The molecule has 0 saturated carbocycles. The number of hydrogen-bond acceptors (Lipinski definition) is 3. The van der Waals surface area contributed by atoms with Crippen LogP contribution in [-0.2, 0) is 34.5 Å². The summed E-state index contributed by atoms with van der Waals surface area (Å²) in [5.74, 6) is 0. The minimum absolute atomic E-state index is 0.223. The molecule has 3 aromatic rings. The highest BCUT2D eigenvalue weighted by Crippen LogP contribution is 2.18. The van der Waals surface area contributed by atoms with Crippen molar-refractivity contribution in [3.63, 3.8) is 0 Å². The lowest BCUT2D eigenvalue weighted by atomic mass is 10.1. The Morgan fingerprint density at radius 3 is 2.25 bits per heavy atom. The standard InChI is InChI=1S/C23H25NO3S/c1-18-12-13-19(2)23(14-18)28(25,26)24-15-21-10-6-7-11-22(21)17-27-16-20-8-4-3-5-9-20/h3-14,24H,15-17H2,1-2H3. The van der Waals surface area contributed by atoms with Gasteiger partial charge in [0.25, 0.3) is 0 Å². The highest BCUT2D eigenvalue weighted by molar-refractivity contribution is 7.89. The van der Waals surface area contributed by atoms with Crippen LogP contribution in [0.5, 0.6) is 0 Å². The first-order valence-corrected chi connectivity index (χ1v) is 10.7. The van der Waals surface area contributed by atoms with Crippen LogP contribution in [0.4, 0.5) is 0 Å². The molecule has 3 aromatic carbocycles. The first-order valence-electron chi connectivity index (χ1n) is 9.21. The second-order valence-corrected chi connectivity index (χ2v) is 8.58. The third kappa shape index (κ3) is 5.29. The Hall–Kier alpha value is -2.47. The van der Waals surface area contributed by atoms with Crippen molar-refractivity contribution in [3.05, 3.63) is 101 Å². The van der Waals surface area contributed by atoms with E-state index < -0.39 is 10.0 Å². The molecule has 0 atom stereocenters. The number of nitrogens with one attached hydrogen (secondary N) is 1. The van der Waals surface area contributed by atoms with Crippen molar-refractivity contribution in [2.24, 2.45) is 0 Å². The predicted molar refractivity (Wildman–Crippen MR) is 111 cm³/mol. The lowest BCUT2D eigenvalue weighted by Gasteiger charge is -2.13. The molecule has 4 nitrogen and oxygen atoms in total. The maximum atomic E-state index is 12.7. The Morgan fingerprint density at radius 2 is 1.50 bits per heavy atom. The SMILES string of the molecule is Cc1ccc(C)c(S(=O)(=O)NCc2ccccc2COCc2ccccc2)c1. The van der Waals surface area contributed by atoms with Gasteiger partial charge >= 0.3 is 0 Å². The summed E-state index contributed by atoms with van der Waals surface area (Å²) in [7, 11) is -3.58. The molecule has 0 amide bonds. The van der Waals surface area contributed by atoms with Crippen LogP contribution in [-0.4, -0.2) is 8.42 Å². The van der Waals surface area contributed by atoms with Gasteiger partial charge in [-0.25, -0.2) is 13.1 Å². The van der Waals surface area contributed by atoms with E-state index in [0.717, 1.165) is 27.8 Å². The molecule has 0 saturated heterocycles. The molecular formula is C23H25NO3S. The fraction of sp³-hybridized carbons (Fsp3) is 0.217. The van der Waals surface area contributed by atoms with E-state index in [4.69, 9.17) is 4.74 Å². The van der Waals surface area contributed by atoms with E-state index in [2.05, 4.69) is 4.72 Å². The Labute approximate surface area is 167 Å². The summed E-state index contributed by atoms with van der Waals surface area (Å²) >= 11 is 0. The number of ether oxygens (including phenoxy) is 1. The molecule has 28 heavy (non-hydrogen) atoms. The number of hydrogen-bond donors (Lipinski definition) is 1. The van der Waals surface area contributed by atoms with Crippen LogP contribution in [0.2, 0.25) is 0 Å². The molecule has 0 radical (unpaired) electrons. The van der Waals surface area contributed by atoms with E-state index in [1.54, 1.807) is 13.0 Å². The Balaban J connectivity index is 1.67. The summed E-state index contributed by atoms with van der Waals surface area (Å²) in [5.41, 5.74) is 4.64. The normalized spacial score (nSPS) is 11.5. The van der Waals surface area contributed by atoms with Crippen molar-refractivity contribution >= 4 is 10.0 Å². The van der Waals surface area contributed by atoms with Crippen molar-refractivity contribution in [3.8, 4) is 0 Å². The van der Waals surface area contributed by atoms with Crippen LogP contribution in [0.3, 0.4) is 0 Å². The van der Waals surface area contributed by atoms with Crippen molar-refractivity contribution in [2.45, 2.75) is 38.5 Å². The van der Waals surface area contributed by atoms with Gasteiger partial charge in [0.05, 0.1) is 18.1 Å². The van der Waals surface area contributed by atoms with Gasteiger partial charge in [0.15, 0.2) is 0 Å². The minimum atomic E-state index is -3.58. The van der Waals surface area contributed by atoms with Crippen molar-refractivity contribution in [1.29, 1.82) is 0 Å². The van der Waals surface area contributed by atoms with Crippen LogP contribution in [0.1, 0.15) is 27.8 Å². The highest BCUT2D eigenvalue weighted by atomic mass is 32.2. The second-order valence-electron chi connectivity index (χ2n) is 6.84. The molecule has 0 aliphatic carbocycles. The zero-order valence-corrected chi connectivity index (χ0v) is 17.0. The van der Waals surface area contributed by atoms with Gasteiger partial charge in [0.1, 0.15) is 0 Å². The molecule has 0 aliphatic rings. The number of sulfonamides is 1. The Morgan fingerprint density at radius 1 is 0.821 bits per heavy atom. The van der Waals surface area contributed by atoms with E-state index in [-0.39, 0.29) is 6.54 Å². The van der Waals surface area contributed by atoms with Gasteiger partial charge in [-0.1, -0.05) is 66.7 Å². The molecule has 0 aromatic heterocycles. The summed E-state index contributed by atoms with van der Waals surface area (Å²) in [6.07, 6.45) is 0. The quantitative estimate of drug-likeness (QED) is 0.611. The lowest BCUT2D eigenvalue weighted by molar-refractivity contribution is 0.106. The van der Waals surface area contributed by atoms with E-state index in [1.165, 1.54) is 0 Å². The van der Waals surface area contributed by atoms with Gasteiger partial charge in [-0.3, -0.25) is 0 Å². The highest BCUT2D eigenvalue weighted by Gasteiger charge is 2.17. The van der Waals surface area contributed by atoms with Gasteiger partial charge in [0, 0.05) is 6.54 Å². The van der Waals surface area contributed by atoms with Gasteiger partial charge in [0.2, 0.25) is 10.0 Å². The maximum Gasteiger partial charge on any atom is 0.241 e. The molecule has 146 valence electrons. The molecule has 0 aliphatic heterocycles. The smallest absolute Gasteiger partial charge is 0.241 e. The fourth-order valence-corrected chi connectivity index (χ4v) is 4.31. The molecule has 0 spiro atoms. The monoisotopic (exact) mass is 395 g/mol. The number of aryl methyl sites for hydroxylation is 2. The third-order valence-electron chi connectivity index (χ3n) is 4.57. The van der Waals surface area contributed by atoms with Crippen LogP contribution in [0, 0.1) is 13.8 Å². The van der Waals surface area contributed by atoms with Crippen molar-refractivity contribution in [1.82, 2.24) is 4.72 Å². The zero-order valence-electron chi connectivity index (χ0n) is 16.2. The summed E-state index contributed by atoms with van der Waals surface area (Å²) in [6.45, 7) is 4.86. The third-order valence-corrected chi connectivity index (χ3v) is 6.12. The average molecular weight is 396 g/mol. The summed E-state index contributed by atoms with van der Waals surface area (Å²) in [5, 5.41) is 0. The van der Waals surface area contributed by atoms with Crippen molar-refractivity contribution in [2.75, 3.05) is 0 Å². The van der Waals surface area contributed by atoms with Crippen molar-refractivity contribution < 1.29 is 13.2 Å². The predicted octanol–water partition coefficient (Wildman–Crippen LogP) is 4.50. The van der Waals surface area contributed by atoms with Crippen LogP contribution in [0.15, 0.2) is 77.7 Å². The Kier molecular flexibility index (Phi) is 6.62. The molecule has 5 heteroatoms. The minimum Gasteiger partial charge on any atom is -0.372 e. The molecular weight excluding hydrogens is 370 g/mol. The second kappa shape index (κ2) is 9.15. The van der Waals surface area contributed by atoms with E-state index in [9.17, 15) is 8.42 Å². The first-order chi connectivity index (χ1) is 13.5. The van der Waals surface area contributed by atoms with Gasteiger partial charge in [-0.05, 0) is 47.7 Å². The Bertz CT molecular complexity index is 1030. The average Bonchev–Trinajstić information content (AvgIpc) is 2.70. The molecule has 0 fully saturated rings. The topological polar surface area (TPSA) is 55.4 Å². The zero-order chi connectivity index (χ0) is 20.0. The molecule has 3 rings (SSSR count). The van der Waals surface area contributed by atoms with E-state index >= 15 is 0 Å². The summed E-state index contributed by atoms with van der Waals surface area (Å²) in [4.78, 5) is 0.324. The number of rotatable bonds is 8. The first kappa shape index (κ1) is 20.3.